The highest BCUT2D eigenvalue weighted by Crippen LogP contribution is 2.27. The van der Waals surface area contributed by atoms with E-state index < -0.39 is 0 Å². The highest BCUT2D eigenvalue weighted by Gasteiger charge is 2.08. The van der Waals surface area contributed by atoms with Gasteiger partial charge in [0.2, 0.25) is 5.95 Å². The lowest BCUT2D eigenvalue weighted by molar-refractivity contribution is 0.984. The van der Waals surface area contributed by atoms with Gasteiger partial charge in [-0.15, -0.1) is 0 Å². The van der Waals surface area contributed by atoms with Crippen molar-refractivity contribution in [1.82, 2.24) is 19.9 Å². The van der Waals surface area contributed by atoms with E-state index in [1.807, 2.05) is 25.1 Å². The standard InChI is InChI=1S/C13H14N6S/c1-7-3-4-9-10(5-7)17-13(16-9)20-11-6-8(2)15-12(18-11)19-14/h3-6H,14H2,1-2H3,(H,16,17)(H,15,18,19). The molecule has 0 spiro atoms. The molecule has 3 aromatic rings. The summed E-state index contributed by atoms with van der Waals surface area (Å²) in [5.74, 6) is 5.75. The molecule has 20 heavy (non-hydrogen) atoms. The molecule has 0 unspecified atom stereocenters. The Morgan fingerprint density at radius 1 is 1.15 bits per heavy atom. The first-order valence-electron chi connectivity index (χ1n) is 6.10. The maximum atomic E-state index is 5.35. The lowest BCUT2D eigenvalue weighted by Gasteiger charge is -2.02. The van der Waals surface area contributed by atoms with Crippen molar-refractivity contribution in [2.75, 3.05) is 5.43 Å². The summed E-state index contributed by atoms with van der Waals surface area (Å²) in [5.41, 5.74) is 6.48. The van der Waals surface area contributed by atoms with Crippen LogP contribution in [0.4, 0.5) is 5.95 Å². The van der Waals surface area contributed by atoms with Crippen LogP contribution in [0.15, 0.2) is 34.4 Å². The van der Waals surface area contributed by atoms with E-state index >= 15 is 0 Å². The summed E-state index contributed by atoms with van der Waals surface area (Å²) >= 11 is 1.45. The lowest BCUT2D eigenvalue weighted by Crippen LogP contribution is -2.11. The van der Waals surface area contributed by atoms with Crippen molar-refractivity contribution in [2.45, 2.75) is 24.0 Å². The van der Waals surface area contributed by atoms with Crippen molar-refractivity contribution in [2.24, 2.45) is 5.84 Å². The number of hydrazine groups is 1. The molecule has 0 bridgehead atoms. The minimum Gasteiger partial charge on any atom is -0.333 e. The summed E-state index contributed by atoms with van der Waals surface area (Å²) < 4.78 is 0. The van der Waals surface area contributed by atoms with E-state index in [1.54, 1.807) is 0 Å². The Bertz CT molecular complexity index is 767. The van der Waals surface area contributed by atoms with Crippen LogP contribution in [0.2, 0.25) is 0 Å². The fourth-order valence-electron chi connectivity index (χ4n) is 1.90. The SMILES string of the molecule is Cc1ccc2nc(Sc3cc(C)nc(NN)n3)[nH]c2c1. The maximum absolute atomic E-state index is 5.35. The Kier molecular flexibility index (Phi) is 3.29. The van der Waals surface area contributed by atoms with Crippen molar-refractivity contribution < 1.29 is 0 Å². The van der Waals surface area contributed by atoms with Crippen LogP contribution in [0.3, 0.4) is 0 Å². The highest BCUT2D eigenvalue weighted by molar-refractivity contribution is 7.99. The molecule has 0 aliphatic carbocycles. The number of fused-ring (bicyclic) bond motifs is 1. The van der Waals surface area contributed by atoms with E-state index in [2.05, 4.69) is 38.4 Å². The van der Waals surface area contributed by atoms with Gasteiger partial charge in [0, 0.05) is 5.69 Å². The van der Waals surface area contributed by atoms with E-state index in [1.165, 1.54) is 17.3 Å². The van der Waals surface area contributed by atoms with E-state index in [0.717, 1.165) is 26.9 Å². The second kappa shape index (κ2) is 5.10. The van der Waals surface area contributed by atoms with E-state index in [9.17, 15) is 0 Å². The summed E-state index contributed by atoms with van der Waals surface area (Å²) in [4.78, 5) is 16.3. The number of hydrogen-bond acceptors (Lipinski definition) is 6. The van der Waals surface area contributed by atoms with Gasteiger partial charge in [0.1, 0.15) is 5.03 Å². The van der Waals surface area contributed by atoms with Gasteiger partial charge in [0.05, 0.1) is 11.0 Å². The molecule has 102 valence electrons. The van der Waals surface area contributed by atoms with Gasteiger partial charge in [-0.1, -0.05) is 6.07 Å². The third-order valence-electron chi connectivity index (χ3n) is 2.78. The summed E-state index contributed by atoms with van der Waals surface area (Å²) in [6.07, 6.45) is 0. The smallest absolute Gasteiger partial charge is 0.238 e. The molecule has 2 heterocycles. The van der Waals surface area contributed by atoms with Gasteiger partial charge in [-0.05, 0) is 49.4 Å². The predicted molar refractivity (Wildman–Crippen MR) is 79.5 cm³/mol. The molecular formula is C13H14N6S. The van der Waals surface area contributed by atoms with Crippen molar-refractivity contribution in [3.05, 3.63) is 35.5 Å². The molecule has 1 aromatic carbocycles. The first-order chi connectivity index (χ1) is 9.64. The second-order valence-corrected chi connectivity index (χ2v) is 5.49. The molecule has 0 saturated carbocycles. The van der Waals surface area contributed by atoms with Gasteiger partial charge >= 0.3 is 0 Å². The maximum Gasteiger partial charge on any atom is 0.238 e. The van der Waals surface area contributed by atoms with Crippen molar-refractivity contribution >= 4 is 28.7 Å². The molecule has 3 rings (SSSR count). The molecule has 0 fully saturated rings. The molecule has 2 aromatic heterocycles. The number of hydrogen-bond donors (Lipinski definition) is 3. The van der Waals surface area contributed by atoms with E-state index in [4.69, 9.17) is 5.84 Å². The molecule has 6 nitrogen and oxygen atoms in total. The third kappa shape index (κ3) is 2.59. The Morgan fingerprint density at radius 2 is 2.00 bits per heavy atom. The van der Waals surface area contributed by atoms with Gasteiger partial charge in [-0.3, -0.25) is 5.43 Å². The van der Waals surface area contributed by atoms with Crippen LogP contribution in [0.5, 0.6) is 0 Å². The summed E-state index contributed by atoms with van der Waals surface area (Å²) in [6.45, 7) is 3.95. The van der Waals surface area contributed by atoms with Gasteiger partial charge < -0.3 is 4.98 Å². The Morgan fingerprint density at radius 3 is 2.80 bits per heavy atom. The Labute approximate surface area is 120 Å². The van der Waals surface area contributed by atoms with E-state index in [-0.39, 0.29) is 0 Å². The Balaban J connectivity index is 1.94. The van der Waals surface area contributed by atoms with Gasteiger partial charge in [-0.2, -0.15) is 0 Å². The largest absolute Gasteiger partial charge is 0.333 e. The summed E-state index contributed by atoms with van der Waals surface area (Å²) in [7, 11) is 0. The number of aromatic nitrogens is 4. The Hall–Kier alpha value is -2.12. The number of benzene rings is 1. The molecule has 0 aliphatic rings. The topological polar surface area (TPSA) is 92.5 Å². The van der Waals surface area contributed by atoms with Crippen LogP contribution in [0.1, 0.15) is 11.3 Å². The molecular weight excluding hydrogens is 272 g/mol. The van der Waals surface area contributed by atoms with Crippen LogP contribution >= 0.6 is 11.8 Å². The zero-order valence-electron chi connectivity index (χ0n) is 11.1. The third-order valence-corrected chi connectivity index (χ3v) is 3.58. The van der Waals surface area contributed by atoms with Crippen LogP contribution in [0.25, 0.3) is 11.0 Å². The number of rotatable bonds is 3. The number of nitrogens with two attached hydrogens (primary N) is 1. The first-order valence-corrected chi connectivity index (χ1v) is 6.92. The fourth-order valence-corrected chi connectivity index (χ4v) is 2.77. The normalized spacial score (nSPS) is 10.9. The number of aromatic amines is 1. The lowest BCUT2D eigenvalue weighted by atomic mass is 10.2. The van der Waals surface area contributed by atoms with Crippen molar-refractivity contribution in [3.63, 3.8) is 0 Å². The quantitative estimate of drug-likeness (QED) is 0.389. The molecule has 0 aliphatic heterocycles. The minimum absolute atomic E-state index is 0.402. The zero-order chi connectivity index (χ0) is 14.1. The second-order valence-electron chi connectivity index (χ2n) is 4.48. The summed E-state index contributed by atoms with van der Waals surface area (Å²) in [6, 6.07) is 8.01. The van der Waals surface area contributed by atoms with Crippen LogP contribution in [-0.4, -0.2) is 19.9 Å². The summed E-state index contributed by atoms with van der Waals surface area (Å²) in [5, 5.41) is 1.59. The first kappa shape index (κ1) is 12.9. The molecule has 7 heteroatoms. The van der Waals surface area contributed by atoms with Gasteiger partial charge in [-0.25, -0.2) is 20.8 Å². The van der Waals surface area contributed by atoms with Gasteiger partial charge in [0.25, 0.3) is 0 Å². The minimum atomic E-state index is 0.402. The number of anilines is 1. The monoisotopic (exact) mass is 286 g/mol. The average Bonchev–Trinajstić information content (AvgIpc) is 2.79. The van der Waals surface area contributed by atoms with E-state index in [0.29, 0.717) is 5.95 Å². The molecule has 4 N–H and O–H groups in total. The number of nitrogen functional groups attached to an aromatic ring is 1. The number of imidazole rings is 1. The van der Waals surface area contributed by atoms with Crippen molar-refractivity contribution in [3.8, 4) is 0 Å². The fraction of sp³-hybridized carbons (Fsp3) is 0.154. The number of nitrogens with one attached hydrogen (secondary N) is 2. The predicted octanol–water partition coefficient (Wildman–Crippen LogP) is 2.41. The zero-order valence-corrected chi connectivity index (χ0v) is 12.0. The number of H-pyrrole nitrogens is 1. The highest BCUT2D eigenvalue weighted by atomic mass is 32.2. The number of aryl methyl sites for hydroxylation is 2. The van der Waals surface area contributed by atoms with Crippen LogP contribution < -0.4 is 11.3 Å². The molecule has 0 amide bonds. The van der Waals surface area contributed by atoms with Crippen LogP contribution in [0, 0.1) is 13.8 Å². The van der Waals surface area contributed by atoms with Gasteiger partial charge in [0.15, 0.2) is 5.16 Å². The van der Waals surface area contributed by atoms with Crippen LogP contribution in [-0.2, 0) is 0 Å². The number of nitrogens with zero attached hydrogens (tertiary/aromatic N) is 3. The molecule has 0 radical (unpaired) electrons. The molecule has 0 atom stereocenters. The molecule has 0 saturated heterocycles. The average molecular weight is 286 g/mol. The van der Waals surface area contributed by atoms with Crippen molar-refractivity contribution in [1.29, 1.82) is 0 Å².